The van der Waals surface area contributed by atoms with Crippen LogP contribution in [-0.2, 0) is 27.7 Å². The lowest BCUT2D eigenvalue weighted by molar-refractivity contribution is -0.125. The Morgan fingerprint density at radius 3 is 2.21 bits per heavy atom. The Labute approximate surface area is 201 Å². The zero-order chi connectivity index (χ0) is 24.8. The van der Waals surface area contributed by atoms with Crippen molar-refractivity contribution < 1.29 is 22.7 Å². The highest BCUT2D eigenvalue weighted by atomic mass is 35.5. The highest BCUT2D eigenvalue weighted by Crippen LogP contribution is 2.31. The van der Waals surface area contributed by atoms with Crippen molar-refractivity contribution in [2.75, 3.05) is 13.4 Å². The lowest BCUT2D eigenvalue weighted by atomic mass is 9.81. The van der Waals surface area contributed by atoms with E-state index in [0.717, 1.165) is 17.4 Å². The topological polar surface area (TPSA) is 108 Å². The molecule has 1 amide bonds. The summed E-state index contributed by atoms with van der Waals surface area (Å²) in [7, 11) is -2.08. The highest BCUT2D eigenvalue weighted by molar-refractivity contribution is 7.88. The second kappa shape index (κ2) is 11.2. The maximum absolute atomic E-state index is 12.3. The summed E-state index contributed by atoms with van der Waals surface area (Å²) in [6, 6.07) is 13.1. The molecule has 2 unspecified atom stereocenters. The molecule has 9 heteroatoms. The van der Waals surface area contributed by atoms with Gasteiger partial charge in [0, 0.05) is 11.4 Å². The first kappa shape index (κ1) is 27.0. The van der Waals surface area contributed by atoms with E-state index in [9.17, 15) is 13.2 Å². The molecule has 2 atom stereocenters. The molecule has 2 aromatic rings. The third kappa shape index (κ3) is 7.62. The quantitative estimate of drug-likeness (QED) is 0.465. The molecule has 33 heavy (non-hydrogen) atoms. The zero-order valence-corrected chi connectivity index (χ0v) is 21.3. The Morgan fingerprint density at radius 2 is 1.70 bits per heavy atom. The first-order chi connectivity index (χ1) is 15.4. The van der Waals surface area contributed by atoms with Crippen LogP contribution in [-0.4, -0.2) is 39.3 Å². The number of nitrogens with two attached hydrogens (primary N) is 1. The summed E-state index contributed by atoms with van der Waals surface area (Å²) in [6.45, 7) is 5.51. The number of sulfonamides is 1. The molecule has 0 aliphatic carbocycles. The number of benzene rings is 2. The van der Waals surface area contributed by atoms with Gasteiger partial charge in [-0.05, 0) is 61.1 Å². The van der Waals surface area contributed by atoms with E-state index in [1.807, 2.05) is 49.4 Å². The third-order valence-electron chi connectivity index (χ3n) is 5.59. The van der Waals surface area contributed by atoms with Crippen LogP contribution in [0.3, 0.4) is 0 Å². The molecule has 0 aromatic heterocycles. The van der Waals surface area contributed by atoms with Gasteiger partial charge in [-0.1, -0.05) is 43.6 Å². The molecule has 0 fully saturated rings. The van der Waals surface area contributed by atoms with E-state index in [1.54, 1.807) is 21.0 Å². The second-order valence-electron chi connectivity index (χ2n) is 8.61. The molecule has 3 N–H and O–H groups in total. The number of rotatable bonds is 12. The minimum Gasteiger partial charge on any atom is -0.493 e. The molecule has 0 spiro atoms. The van der Waals surface area contributed by atoms with Crippen LogP contribution in [0.4, 0.5) is 0 Å². The summed E-state index contributed by atoms with van der Waals surface area (Å²) in [4.78, 5) is 12.3. The van der Waals surface area contributed by atoms with Crippen LogP contribution in [0.1, 0.15) is 38.3 Å². The van der Waals surface area contributed by atoms with E-state index in [4.69, 9.17) is 26.8 Å². The predicted octanol–water partition coefficient (Wildman–Crippen LogP) is 3.72. The van der Waals surface area contributed by atoms with Gasteiger partial charge in [0.15, 0.2) is 11.5 Å². The van der Waals surface area contributed by atoms with Crippen molar-refractivity contribution in [2.24, 2.45) is 11.7 Å². The average molecular weight is 497 g/mol. The molecular formula is C24H33ClN2O5S. The Morgan fingerprint density at radius 1 is 1.09 bits per heavy atom. The molecule has 0 heterocycles. The third-order valence-corrected chi connectivity index (χ3v) is 6.58. The second-order valence-corrected chi connectivity index (χ2v) is 10.8. The van der Waals surface area contributed by atoms with Crippen LogP contribution in [0, 0.1) is 5.92 Å². The molecule has 0 aliphatic rings. The van der Waals surface area contributed by atoms with Gasteiger partial charge in [0.1, 0.15) is 11.6 Å². The van der Waals surface area contributed by atoms with Gasteiger partial charge in [0.2, 0.25) is 15.9 Å². The number of primary amides is 1. The molecule has 0 saturated heterocycles. The number of carbonyl (C=O) groups is 1. The summed E-state index contributed by atoms with van der Waals surface area (Å²) in [5.74, 6) is 0.122. The highest BCUT2D eigenvalue weighted by Gasteiger charge is 2.42. The van der Waals surface area contributed by atoms with Gasteiger partial charge in [-0.3, -0.25) is 4.79 Å². The van der Waals surface area contributed by atoms with E-state index >= 15 is 0 Å². The molecule has 182 valence electrons. The van der Waals surface area contributed by atoms with Gasteiger partial charge < -0.3 is 15.2 Å². The van der Waals surface area contributed by atoms with Gasteiger partial charge in [-0.15, -0.1) is 0 Å². The average Bonchev–Trinajstić information content (AvgIpc) is 2.72. The number of ether oxygens (including phenoxy) is 2. The van der Waals surface area contributed by atoms with Gasteiger partial charge >= 0.3 is 0 Å². The Balaban J connectivity index is 2.15. The summed E-state index contributed by atoms with van der Waals surface area (Å²) in [5.41, 5.74) is 6.22. The number of methoxy groups -OCH3 is 1. The van der Waals surface area contributed by atoms with Crippen LogP contribution in [0.2, 0.25) is 5.02 Å². The van der Waals surface area contributed by atoms with E-state index in [0.29, 0.717) is 29.4 Å². The fourth-order valence-electron chi connectivity index (χ4n) is 3.76. The number of hydrogen-bond acceptors (Lipinski definition) is 5. The number of hydrogen-bond donors (Lipinski definition) is 2. The van der Waals surface area contributed by atoms with E-state index in [-0.39, 0.29) is 18.4 Å². The van der Waals surface area contributed by atoms with Gasteiger partial charge in [0.25, 0.3) is 0 Å². The maximum Gasteiger partial charge on any atom is 0.238 e. The Kier molecular flexibility index (Phi) is 9.17. The summed E-state index contributed by atoms with van der Waals surface area (Å²) >= 11 is 5.95. The molecule has 2 rings (SSSR count). The monoisotopic (exact) mass is 496 g/mol. The zero-order valence-electron chi connectivity index (χ0n) is 19.7. The van der Waals surface area contributed by atoms with E-state index < -0.39 is 21.5 Å². The lowest BCUT2D eigenvalue weighted by Crippen LogP contribution is -2.60. The van der Waals surface area contributed by atoms with Crippen molar-refractivity contribution in [1.29, 1.82) is 0 Å². The number of carbonyl (C=O) groups excluding carboxylic acids is 1. The van der Waals surface area contributed by atoms with Crippen LogP contribution in [0.15, 0.2) is 42.5 Å². The minimum atomic E-state index is -3.64. The number of aryl methyl sites for hydroxylation is 1. The van der Waals surface area contributed by atoms with E-state index in [2.05, 4.69) is 4.72 Å². The van der Waals surface area contributed by atoms with E-state index in [1.165, 1.54) is 0 Å². The predicted molar refractivity (Wildman–Crippen MR) is 131 cm³/mol. The first-order valence-corrected chi connectivity index (χ1v) is 13.0. The van der Waals surface area contributed by atoms with Gasteiger partial charge in [-0.25, -0.2) is 8.42 Å². The smallest absolute Gasteiger partial charge is 0.238 e. The van der Waals surface area contributed by atoms with Gasteiger partial charge in [0.05, 0.1) is 13.4 Å². The van der Waals surface area contributed by atoms with Crippen LogP contribution < -0.4 is 19.9 Å². The maximum atomic E-state index is 12.3. The minimum absolute atomic E-state index is 0.103. The van der Waals surface area contributed by atoms with Crippen LogP contribution >= 0.6 is 11.6 Å². The van der Waals surface area contributed by atoms with Gasteiger partial charge in [-0.2, -0.15) is 4.72 Å². The Bertz CT molecular complexity index is 1060. The SMILES string of the molecule is COc1cc(CCC(NS(C)(=O)=O)(C(N)=O)C(C)C)ccc1OC(C)Cc1ccc(Cl)cc1. The molecule has 2 aromatic carbocycles. The van der Waals surface area contributed by atoms with Crippen molar-refractivity contribution in [3.8, 4) is 11.5 Å². The van der Waals surface area contributed by atoms with Crippen molar-refractivity contribution in [3.05, 3.63) is 58.6 Å². The number of halogens is 1. The van der Waals surface area contributed by atoms with Crippen LogP contribution in [0.25, 0.3) is 0 Å². The number of nitrogens with one attached hydrogen (secondary N) is 1. The largest absolute Gasteiger partial charge is 0.493 e. The fraction of sp³-hybridized carbons (Fsp3) is 0.458. The van der Waals surface area contributed by atoms with Crippen molar-refractivity contribution in [1.82, 2.24) is 4.72 Å². The van der Waals surface area contributed by atoms with Crippen molar-refractivity contribution in [3.63, 3.8) is 0 Å². The lowest BCUT2D eigenvalue weighted by Gasteiger charge is -2.34. The Hall–Kier alpha value is -2.29. The molecule has 0 bridgehead atoms. The molecule has 0 aliphatic heterocycles. The fourth-order valence-corrected chi connectivity index (χ4v) is 4.99. The normalized spacial score (nSPS) is 14.5. The first-order valence-electron chi connectivity index (χ1n) is 10.7. The molecular weight excluding hydrogens is 464 g/mol. The van der Waals surface area contributed by atoms with Crippen LogP contribution in [0.5, 0.6) is 11.5 Å². The summed E-state index contributed by atoms with van der Waals surface area (Å²) < 4.78 is 37.9. The standard InChI is InChI=1S/C24H33ClN2O5S/c1-16(2)24(23(26)28,27-33(5,29)30)13-12-19-8-11-21(22(15-19)31-4)32-17(3)14-18-6-9-20(25)10-7-18/h6-11,15-17,27H,12-14H2,1-5H3,(H2,26,28). The molecule has 0 saturated carbocycles. The number of amides is 1. The van der Waals surface area contributed by atoms with Crippen molar-refractivity contribution >= 4 is 27.5 Å². The molecule has 7 nitrogen and oxygen atoms in total. The molecule has 0 radical (unpaired) electrons. The van der Waals surface area contributed by atoms with Crippen molar-refractivity contribution in [2.45, 2.75) is 51.7 Å². The summed E-state index contributed by atoms with van der Waals surface area (Å²) in [6.07, 6.45) is 2.25. The summed E-state index contributed by atoms with van der Waals surface area (Å²) in [5, 5.41) is 0.689.